The molecule has 0 aromatic heterocycles. The number of nitrogens with one attached hydrogen (secondary N) is 2. The number of methoxy groups -OCH3 is 1. The highest BCUT2D eigenvalue weighted by Gasteiger charge is 2.02. The van der Waals surface area contributed by atoms with E-state index in [0.29, 0.717) is 6.10 Å². The van der Waals surface area contributed by atoms with Crippen LogP contribution in [0.3, 0.4) is 0 Å². The van der Waals surface area contributed by atoms with Crippen molar-refractivity contribution in [2.45, 2.75) is 13.0 Å². The molecule has 0 radical (unpaired) electrons. The second-order valence-electron chi connectivity index (χ2n) is 2.22. The Hall–Kier alpha value is -0.120. The first kappa shape index (κ1) is 9.88. The van der Waals surface area contributed by atoms with Gasteiger partial charge in [0.15, 0.2) is 0 Å². The molecule has 3 nitrogen and oxygen atoms in total. The Morgan fingerprint density at radius 3 is 2.50 bits per heavy atom. The number of ether oxygens (including phenoxy) is 1. The molecule has 0 aliphatic carbocycles. The van der Waals surface area contributed by atoms with Gasteiger partial charge < -0.3 is 15.4 Å². The summed E-state index contributed by atoms with van der Waals surface area (Å²) < 4.78 is 5.17. The molecule has 2 N–H and O–H groups in total. The third-order valence-electron chi connectivity index (χ3n) is 1.39. The van der Waals surface area contributed by atoms with Gasteiger partial charge >= 0.3 is 0 Å². The minimum absolute atomic E-state index is 0.296. The summed E-state index contributed by atoms with van der Waals surface area (Å²) in [6.07, 6.45) is 0.296. The molecule has 0 fully saturated rings. The molecule has 0 saturated carbocycles. The Bertz CT molecular complexity index is 68.6. The van der Waals surface area contributed by atoms with Crippen molar-refractivity contribution < 1.29 is 4.74 Å². The van der Waals surface area contributed by atoms with E-state index in [1.807, 2.05) is 7.05 Å². The first-order valence-electron chi connectivity index (χ1n) is 3.73. The van der Waals surface area contributed by atoms with Gasteiger partial charge in [-0.1, -0.05) is 6.92 Å². The predicted molar refractivity (Wildman–Crippen MR) is 43.3 cm³/mol. The molecule has 0 rings (SSSR count). The summed E-state index contributed by atoms with van der Waals surface area (Å²) in [5.41, 5.74) is 0. The number of hydrogen-bond acceptors (Lipinski definition) is 3. The van der Waals surface area contributed by atoms with Crippen molar-refractivity contribution in [3.8, 4) is 0 Å². The van der Waals surface area contributed by atoms with Gasteiger partial charge in [0.2, 0.25) is 0 Å². The van der Waals surface area contributed by atoms with Crippen LogP contribution in [0.15, 0.2) is 0 Å². The first-order chi connectivity index (χ1) is 4.85. The van der Waals surface area contributed by atoms with Crippen LogP contribution in [0.5, 0.6) is 0 Å². The summed E-state index contributed by atoms with van der Waals surface area (Å²) in [4.78, 5) is 0. The number of likely N-dealkylation sites (N-methyl/N-ethyl adjacent to an activating group) is 2. The molecule has 0 saturated heterocycles. The summed E-state index contributed by atoms with van der Waals surface area (Å²) in [6.45, 7) is 4.92. The quantitative estimate of drug-likeness (QED) is 0.546. The summed E-state index contributed by atoms with van der Waals surface area (Å²) in [7, 11) is 3.66. The van der Waals surface area contributed by atoms with E-state index in [2.05, 4.69) is 17.6 Å². The van der Waals surface area contributed by atoms with E-state index in [1.54, 1.807) is 7.11 Å². The average molecular weight is 146 g/mol. The van der Waals surface area contributed by atoms with Gasteiger partial charge in [-0.15, -0.1) is 0 Å². The SMILES string of the molecule is CCNCC(CNC)OC. The molecule has 0 bridgehead atoms. The van der Waals surface area contributed by atoms with Crippen molar-refractivity contribution in [3.63, 3.8) is 0 Å². The maximum absolute atomic E-state index is 5.17. The fourth-order valence-corrected chi connectivity index (χ4v) is 0.772. The van der Waals surface area contributed by atoms with E-state index in [9.17, 15) is 0 Å². The highest BCUT2D eigenvalue weighted by molar-refractivity contribution is 4.61. The van der Waals surface area contributed by atoms with E-state index in [-0.39, 0.29) is 0 Å². The van der Waals surface area contributed by atoms with Crippen LogP contribution < -0.4 is 10.6 Å². The zero-order valence-electron chi connectivity index (χ0n) is 7.11. The largest absolute Gasteiger partial charge is 0.379 e. The zero-order valence-corrected chi connectivity index (χ0v) is 7.11. The monoisotopic (exact) mass is 146 g/mol. The maximum atomic E-state index is 5.17. The Morgan fingerprint density at radius 1 is 1.40 bits per heavy atom. The van der Waals surface area contributed by atoms with E-state index < -0.39 is 0 Å². The van der Waals surface area contributed by atoms with Crippen LogP contribution in [0.4, 0.5) is 0 Å². The first-order valence-corrected chi connectivity index (χ1v) is 3.73. The Labute approximate surface area is 63.1 Å². The molecule has 0 amide bonds. The summed E-state index contributed by atoms with van der Waals surface area (Å²) in [5, 5.41) is 6.28. The second kappa shape index (κ2) is 6.99. The van der Waals surface area contributed by atoms with Gasteiger partial charge in [0.25, 0.3) is 0 Å². The Balaban J connectivity index is 3.21. The second-order valence-corrected chi connectivity index (χ2v) is 2.22. The molecule has 0 aromatic carbocycles. The summed E-state index contributed by atoms with van der Waals surface area (Å²) in [6, 6.07) is 0. The lowest BCUT2D eigenvalue weighted by molar-refractivity contribution is 0.103. The van der Waals surface area contributed by atoms with Crippen molar-refractivity contribution in [2.75, 3.05) is 33.8 Å². The van der Waals surface area contributed by atoms with Gasteiger partial charge in [-0.2, -0.15) is 0 Å². The van der Waals surface area contributed by atoms with E-state index >= 15 is 0 Å². The van der Waals surface area contributed by atoms with Gasteiger partial charge in [0, 0.05) is 20.2 Å². The molecule has 1 unspecified atom stereocenters. The maximum Gasteiger partial charge on any atom is 0.0819 e. The minimum atomic E-state index is 0.296. The molecule has 3 heteroatoms. The third-order valence-corrected chi connectivity index (χ3v) is 1.39. The van der Waals surface area contributed by atoms with E-state index in [1.165, 1.54) is 0 Å². The number of rotatable bonds is 6. The fraction of sp³-hybridized carbons (Fsp3) is 1.00. The molecular weight excluding hydrogens is 128 g/mol. The topological polar surface area (TPSA) is 33.3 Å². The van der Waals surface area contributed by atoms with Crippen molar-refractivity contribution in [3.05, 3.63) is 0 Å². The molecule has 0 spiro atoms. The van der Waals surface area contributed by atoms with Crippen LogP contribution >= 0.6 is 0 Å². The lowest BCUT2D eigenvalue weighted by atomic mass is 10.3. The van der Waals surface area contributed by atoms with Gasteiger partial charge in [-0.05, 0) is 13.6 Å². The molecule has 0 aromatic rings. The van der Waals surface area contributed by atoms with Crippen molar-refractivity contribution in [2.24, 2.45) is 0 Å². The van der Waals surface area contributed by atoms with Gasteiger partial charge in [0.05, 0.1) is 6.10 Å². The van der Waals surface area contributed by atoms with Crippen LogP contribution in [0.25, 0.3) is 0 Å². The molecule has 10 heavy (non-hydrogen) atoms. The van der Waals surface area contributed by atoms with Crippen LogP contribution in [0.2, 0.25) is 0 Å². The van der Waals surface area contributed by atoms with Crippen LogP contribution in [-0.4, -0.2) is 39.9 Å². The van der Waals surface area contributed by atoms with Gasteiger partial charge in [-0.25, -0.2) is 0 Å². The van der Waals surface area contributed by atoms with Crippen molar-refractivity contribution in [1.29, 1.82) is 0 Å². The average Bonchev–Trinajstić information content (AvgIpc) is 1.98. The lowest BCUT2D eigenvalue weighted by Gasteiger charge is -2.14. The van der Waals surface area contributed by atoms with Crippen molar-refractivity contribution in [1.82, 2.24) is 10.6 Å². The highest BCUT2D eigenvalue weighted by atomic mass is 16.5. The van der Waals surface area contributed by atoms with Crippen LogP contribution in [0, 0.1) is 0 Å². The normalized spacial score (nSPS) is 13.5. The third kappa shape index (κ3) is 4.73. The molecular formula is C7H18N2O. The Morgan fingerprint density at radius 2 is 2.10 bits per heavy atom. The molecule has 0 aliphatic heterocycles. The lowest BCUT2D eigenvalue weighted by Crippen LogP contribution is -2.35. The minimum Gasteiger partial charge on any atom is -0.379 e. The summed E-state index contributed by atoms with van der Waals surface area (Å²) in [5.74, 6) is 0. The highest BCUT2D eigenvalue weighted by Crippen LogP contribution is 1.83. The van der Waals surface area contributed by atoms with Crippen molar-refractivity contribution >= 4 is 0 Å². The molecule has 0 heterocycles. The van der Waals surface area contributed by atoms with E-state index in [4.69, 9.17) is 4.74 Å². The molecule has 62 valence electrons. The molecule has 0 aliphatic rings. The van der Waals surface area contributed by atoms with E-state index in [0.717, 1.165) is 19.6 Å². The summed E-state index contributed by atoms with van der Waals surface area (Å²) >= 11 is 0. The Kier molecular flexibility index (Phi) is 6.91. The van der Waals surface area contributed by atoms with Gasteiger partial charge in [0.1, 0.15) is 0 Å². The van der Waals surface area contributed by atoms with Crippen LogP contribution in [0.1, 0.15) is 6.92 Å². The smallest absolute Gasteiger partial charge is 0.0819 e. The zero-order chi connectivity index (χ0) is 7.82. The fourth-order valence-electron chi connectivity index (χ4n) is 0.772. The predicted octanol–water partition coefficient (Wildman–Crippen LogP) is -0.170. The standard InChI is InChI=1S/C7H18N2O/c1-4-9-6-7(10-3)5-8-2/h7-9H,4-6H2,1-3H3. The van der Waals surface area contributed by atoms with Gasteiger partial charge in [-0.3, -0.25) is 0 Å². The van der Waals surface area contributed by atoms with Crippen LogP contribution in [-0.2, 0) is 4.74 Å². The number of hydrogen-bond donors (Lipinski definition) is 2. The molecule has 1 atom stereocenters.